The lowest BCUT2D eigenvalue weighted by Gasteiger charge is -2.27. The summed E-state index contributed by atoms with van der Waals surface area (Å²) in [7, 11) is 0. The highest BCUT2D eigenvalue weighted by atomic mass is 19.4. The highest BCUT2D eigenvalue weighted by Gasteiger charge is 2.30. The van der Waals surface area contributed by atoms with Crippen LogP contribution in [0.3, 0.4) is 0 Å². The van der Waals surface area contributed by atoms with Crippen molar-refractivity contribution in [2.24, 2.45) is 5.92 Å². The summed E-state index contributed by atoms with van der Waals surface area (Å²) in [6.07, 6.45) is 3.88. The van der Waals surface area contributed by atoms with Crippen molar-refractivity contribution in [2.75, 3.05) is 6.54 Å². The van der Waals surface area contributed by atoms with Crippen molar-refractivity contribution < 1.29 is 32.2 Å². The van der Waals surface area contributed by atoms with Gasteiger partial charge in [0.2, 0.25) is 0 Å². The zero-order chi connectivity index (χ0) is 31.0. The molecule has 1 aromatic heterocycles. The van der Waals surface area contributed by atoms with Crippen LogP contribution in [0.2, 0.25) is 0 Å². The summed E-state index contributed by atoms with van der Waals surface area (Å²) in [5.74, 6) is 0.459. The Hall–Kier alpha value is -3.88. The number of hydrogen-bond donors (Lipinski definition) is 1. The molecule has 0 saturated heterocycles. The molecule has 1 unspecified atom stereocenters. The molecule has 1 aliphatic carbocycles. The number of nitrogens with zero attached hydrogens (tertiary/aromatic N) is 1. The van der Waals surface area contributed by atoms with Crippen LogP contribution in [0.4, 0.5) is 13.2 Å². The molecule has 0 radical (unpaired) electrons. The van der Waals surface area contributed by atoms with Crippen molar-refractivity contribution in [3.63, 3.8) is 0 Å². The fraction of sp³-hybridized carbons (Fsp3) is 0.441. The molecule has 0 aliphatic heterocycles. The average Bonchev–Trinajstić information content (AvgIpc) is 2.96. The van der Waals surface area contributed by atoms with E-state index < -0.39 is 17.3 Å². The van der Waals surface area contributed by atoms with Crippen molar-refractivity contribution in [1.82, 2.24) is 10.3 Å². The van der Waals surface area contributed by atoms with Gasteiger partial charge in [-0.15, -0.1) is 0 Å². The number of hydrogen-bond acceptors (Lipinski definition) is 5. The molecule has 4 rings (SSSR count). The van der Waals surface area contributed by atoms with Crippen LogP contribution in [0.1, 0.15) is 93.3 Å². The fourth-order valence-electron chi connectivity index (χ4n) is 5.20. The van der Waals surface area contributed by atoms with Crippen molar-refractivity contribution in [2.45, 2.75) is 83.6 Å². The first kappa shape index (κ1) is 32.0. The molecular formula is C34H39F3N2O4. The number of ether oxygens (including phenoxy) is 2. The Labute approximate surface area is 251 Å². The largest absolute Gasteiger partial charge is 0.486 e. The Morgan fingerprint density at radius 1 is 0.930 bits per heavy atom. The van der Waals surface area contributed by atoms with Crippen LogP contribution in [0, 0.1) is 5.92 Å². The Bertz CT molecular complexity index is 1340. The number of carbonyl (C=O) groups excluding carboxylic acids is 2. The normalized spacial score (nSPS) is 15.0. The zero-order valence-corrected chi connectivity index (χ0v) is 24.9. The second-order valence-corrected chi connectivity index (χ2v) is 12.0. The van der Waals surface area contributed by atoms with Gasteiger partial charge in [-0.1, -0.05) is 50.3 Å². The number of esters is 1. The molecule has 43 heavy (non-hydrogen) atoms. The van der Waals surface area contributed by atoms with E-state index in [1.165, 1.54) is 31.4 Å². The van der Waals surface area contributed by atoms with Gasteiger partial charge in [0.25, 0.3) is 5.91 Å². The van der Waals surface area contributed by atoms with E-state index in [0.717, 1.165) is 37.0 Å². The van der Waals surface area contributed by atoms with Gasteiger partial charge in [-0.3, -0.25) is 14.6 Å². The molecule has 1 atom stereocenters. The molecule has 9 heteroatoms. The lowest BCUT2D eigenvalue weighted by molar-refractivity contribution is -0.154. The molecule has 1 heterocycles. The maximum atomic E-state index is 13.0. The Kier molecular flexibility index (Phi) is 10.5. The van der Waals surface area contributed by atoms with Gasteiger partial charge in [0.15, 0.2) is 0 Å². The van der Waals surface area contributed by atoms with Crippen LogP contribution in [-0.4, -0.2) is 29.0 Å². The van der Waals surface area contributed by atoms with E-state index in [4.69, 9.17) is 9.47 Å². The molecule has 1 fully saturated rings. The molecule has 230 valence electrons. The third-order valence-electron chi connectivity index (χ3n) is 7.37. The highest BCUT2D eigenvalue weighted by molar-refractivity contribution is 5.94. The number of aromatic nitrogens is 1. The molecule has 0 spiro atoms. The molecule has 2 aromatic carbocycles. The quantitative estimate of drug-likeness (QED) is 0.238. The zero-order valence-electron chi connectivity index (χ0n) is 24.9. The second-order valence-electron chi connectivity index (χ2n) is 12.0. The van der Waals surface area contributed by atoms with Crippen molar-refractivity contribution in [1.29, 1.82) is 0 Å². The van der Waals surface area contributed by atoms with Crippen molar-refractivity contribution in [3.05, 3.63) is 83.6 Å². The summed E-state index contributed by atoms with van der Waals surface area (Å²) in [5, 5.41) is 2.74. The molecule has 0 bridgehead atoms. The predicted molar refractivity (Wildman–Crippen MR) is 158 cm³/mol. The SMILES string of the molecule is CC(C)(C)OC(=O)CCNC(=O)c1ccc(OC(CC2CCCCC2)c2ccc(-c3ccc(C(F)(F)F)cc3)nc2)cc1. The van der Waals surface area contributed by atoms with Crippen LogP contribution >= 0.6 is 0 Å². The van der Waals surface area contributed by atoms with Crippen molar-refractivity contribution >= 4 is 11.9 Å². The summed E-state index contributed by atoms with van der Waals surface area (Å²) >= 11 is 0. The van der Waals surface area contributed by atoms with Gasteiger partial charge >= 0.3 is 12.1 Å². The first-order valence-corrected chi connectivity index (χ1v) is 14.8. The summed E-state index contributed by atoms with van der Waals surface area (Å²) in [6, 6.07) is 15.6. The van der Waals surface area contributed by atoms with Crippen LogP contribution in [0.15, 0.2) is 66.9 Å². The molecule has 1 N–H and O–H groups in total. The number of carbonyl (C=O) groups is 2. The Morgan fingerprint density at radius 3 is 2.19 bits per heavy atom. The molecule has 1 saturated carbocycles. The third kappa shape index (κ3) is 9.83. The monoisotopic (exact) mass is 596 g/mol. The van der Waals surface area contributed by atoms with Crippen LogP contribution in [0.5, 0.6) is 5.75 Å². The van der Waals surface area contributed by atoms with Gasteiger partial charge in [-0.2, -0.15) is 13.2 Å². The maximum absolute atomic E-state index is 13.0. The molecule has 1 aliphatic rings. The summed E-state index contributed by atoms with van der Waals surface area (Å²) in [5.41, 5.74) is 1.24. The Balaban J connectivity index is 1.42. The molecule has 6 nitrogen and oxygen atoms in total. The first-order valence-electron chi connectivity index (χ1n) is 14.8. The lowest BCUT2D eigenvalue weighted by atomic mass is 9.84. The fourth-order valence-corrected chi connectivity index (χ4v) is 5.20. The number of alkyl halides is 3. The van der Waals surface area contributed by atoms with Gasteiger partial charge in [0, 0.05) is 29.4 Å². The summed E-state index contributed by atoms with van der Waals surface area (Å²) < 4.78 is 50.6. The smallest absolute Gasteiger partial charge is 0.416 e. The minimum atomic E-state index is -4.39. The van der Waals surface area contributed by atoms with Gasteiger partial charge < -0.3 is 14.8 Å². The summed E-state index contributed by atoms with van der Waals surface area (Å²) in [4.78, 5) is 29.0. The van der Waals surface area contributed by atoms with Crippen LogP contribution < -0.4 is 10.1 Å². The topological polar surface area (TPSA) is 77.5 Å². The van der Waals surface area contributed by atoms with Gasteiger partial charge in [0.1, 0.15) is 17.5 Å². The van der Waals surface area contributed by atoms with E-state index in [1.54, 1.807) is 57.3 Å². The number of benzene rings is 2. The summed E-state index contributed by atoms with van der Waals surface area (Å²) in [6.45, 7) is 5.55. The van der Waals surface area contributed by atoms with Gasteiger partial charge in [-0.05, 0) is 75.6 Å². The van der Waals surface area contributed by atoms with E-state index in [9.17, 15) is 22.8 Å². The minimum absolute atomic E-state index is 0.0821. The lowest BCUT2D eigenvalue weighted by Crippen LogP contribution is -2.29. The van der Waals surface area contributed by atoms with Gasteiger partial charge in [0.05, 0.1) is 17.7 Å². The maximum Gasteiger partial charge on any atom is 0.416 e. The van der Waals surface area contributed by atoms with Crippen molar-refractivity contribution in [3.8, 4) is 17.0 Å². The van der Waals surface area contributed by atoms with E-state index in [1.807, 2.05) is 6.07 Å². The highest BCUT2D eigenvalue weighted by Crippen LogP contribution is 2.35. The number of nitrogens with one attached hydrogen (secondary N) is 1. The van der Waals surface area contributed by atoms with Gasteiger partial charge in [-0.25, -0.2) is 0 Å². The van der Waals surface area contributed by atoms with Crippen LogP contribution in [0.25, 0.3) is 11.3 Å². The second kappa shape index (κ2) is 14.1. The number of pyridine rings is 1. The number of halogens is 3. The standard InChI is InChI=1S/C34H39F3N2O4/c1-33(2,3)43-31(40)19-20-38-32(41)25-11-16-28(17-12-25)42-30(21-23-7-5-4-6-8-23)26-13-18-29(39-22-26)24-9-14-27(15-10-24)34(35,36)37/h9-18,22-23,30H,4-8,19-21H2,1-3H3,(H,38,41). The first-order chi connectivity index (χ1) is 20.4. The van der Waals surface area contributed by atoms with E-state index in [2.05, 4.69) is 10.3 Å². The van der Waals surface area contributed by atoms with Crippen LogP contribution in [-0.2, 0) is 15.7 Å². The number of amides is 1. The average molecular weight is 597 g/mol. The molecule has 1 amide bonds. The minimum Gasteiger partial charge on any atom is -0.486 e. The molecular weight excluding hydrogens is 557 g/mol. The third-order valence-corrected chi connectivity index (χ3v) is 7.37. The van der Waals surface area contributed by atoms with E-state index in [0.29, 0.717) is 28.5 Å². The Morgan fingerprint density at radius 2 is 1.60 bits per heavy atom. The predicted octanol–water partition coefficient (Wildman–Crippen LogP) is 8.32. The van der Waals surface area contributed by atoms with E-state index in [-0.39, 0.29) is 30.9 Å². The molecule has 3 aromatic rings. The van der Waals surface area contributed by atoms with E-state index >= 15 is 0 Å². The number of rotatable bonds is 10.